The van der Waals surface area contributed by atoms with Crippen molar-refractivity contribution in [2.45, 2.75) is 46.0 Å². The van der Waals surface area contributed by atoms with Crippen molar-refractivity contribution in [1.29, 1.82) is 0 Å². The summed E-state index contributed by atoms with van der Waals surface area (Å²) >= 11 is 5.94. The van der Waals surface area contributed by atoms with Crippen molar-refractivity contribution in [3.63, 3.8) is 0 Å². The minimum atomic E-state index is 0.421. The van der Waals surface area contributed by atoms with Crippen LogP contribution in [0.3, 0.4) is 0 Å². The number of aryl methyl sites for hydroxylation is 3. The molecular weight excluding hydrogens is 270 g/mol. The Morgan fingerprint density at radius 1 is 1.15 bits per heavy atom. The van der Waals surface area contributed by atoms with Crippen LogP contribution >= 0.6 is 11.6 Å². The molecule has 0 spiro atoms. The van der Waals surface area contributed by atoms with Crippen LogP contribution in [0.2, 0.25) is 0 Å². The van der Waals surface area contributed by atoms with Crippen LogP contribution in [-0.2, 0) is 25.3 Å². The molecule has 0 aliphatic rings. The molecule has 1 aromatic carbocycles. The van der Waals surface area contributed by atoms with Gasteiger partial charge >= 0.3 is 0 Å². The van der Waals surface area contributed by atoms with Crippen LogP contribution in [0.25, 0.3) is 0 Å². The summed E-state index contributed by atoms with van der Waals surface area (Å²) in [6.45, 7) is 7.44. The third-order valence-corrected chi connectivity index (χ3v) is 3.53. The van der Waals surface area contributed by atoms with E-state index in [0.29, 0.717) is 11.8 Å². The van der Waals surface area contributed by atoms with Gasteiger partial charge in [-0.05, 0) is 24.8 Å². The molecule has 0 aliphatic heterocycles. The molecule has 0 bridgehead atoms. The average Bonchev–Trinajstić information content (AvgIpc) is 2.78. The van der Waals surface area contributed by atoms with Gasteiger partial charge in [0.25, 0.3) is 0 Å². The molecule has 0 N–H and O–H groups in total. The van der Waals surface area contributed by atoms with Crippen LogP contribution in [0.4, 0.5) is 0 Å². The highest BCUT2D eigenvalue weighted by Crippen LogP contribution is 2.13. The first-order valence-electron chi connectivity index (χ1n) is 7.12. The van der Waals surface area contributed by atoms with E-state index >= 15 is 0 Å². The van der Waals surface area contributed by atoms with E-state index in [4.69, 9.17) is 11.6 Å². The highest BCUT2D eigenvalue weighted by Gasteiger charge is 2.12. The zero-order chi connectivity index (χ0) is 14.5. The molecule has 2 rings (SSSR count). The molecule has 0 unspecified atom stereocenters. The van der Waals surface area contributed by atoms with E-state index in [1.165, 1.54) is 11.1 Å². The number of hydrogen-bond donors (Lipinski definition) is 0. The van der Waals surface area contributed by atoms with Gasteiger partial charge in [-0.2, -0.15) is 0 Å². The number of nitrogens with zero attached hydrogens (tertiary/aromatic N) is 3. The van der Waals surface area contributed by atoms with Crippen molar-refractivity contribution in [3.05, 3.63) is 47.0 Å². The van der Waals surface area contributed by atoms with Gasteiger partial charge in [0.05, 0.1) is 5.88 Å². The predicted molar refractivity (Wildman–Crippen MR) is 83.0 cm³/mol. The Hall–Kier alpha value is -1.35. The number of alkyl halides is 1. The van der Waals surface area contributed by atoms with E-state index in [-0.39, 0.29) is 0 Å². The summed E-state index contributed by atoms with van der Waals surface area (Å²) in [7, 11) is 0. The van der Waals surface area contributed by atoms with E-state index in [2.05, 4.69) is 59.8 Å². The molecule has 0 atom stereocenters. The Bertz CT molecular complexity index is 561. The molecule has 1 aromatic heterocycles. The van der Waals surface area contributed by atoms with Gasteiger partial charge in [0.2, 0.25) is 0 Å². The van der Waals surface area contributed by atoms with E-state index in [0.717, 1.165) is 31.0 Å². The Morgan fingerprint density at radius 2 is 1.90 bits per heavy atom. The molecule has 0 aliphatic carbocycles. The van der Waals surface area contributed by atoms with Gasteiger partial charge in [-0.15, -0.1) is 21.8 Å². The first-order chi connectivity index (χ1) is 9.60. The average molecular weight is 292 g/mol. The number of benzene rings is 1. The molecule has 3 nitrogen and oxygen atoms in total. The highest BCUT2D eigenvalue weighted by molar-refractivity contribution is 6.16. The lowest BCUT2D eigenvalue weighted by Gasteiger charge is -2.11. The largest absolute Gasteiger partial charge is 0.314 e. The van der Waals surface area contributed by atoms with Crippen molar-refractivity contribution >= 4 is 11.6 Å². The number of rotatable bonds is 6. The summed E-state index contributed by atoms with van der Waals surface area (Å²) < 4.78 is 2.17. The lowest BCUT2D eigenvalue weighted by atomic mass is 10.1. The molecule has 0 saturated carbocycles. The predicted octanol–water partition coefficient (Wildman–Crippen LogP) is 3.77. The molecule has 4 heteroatoms. The maximum absolute atomic E-state index is 5.94. The third kappa shape index (κ3) is 3.83. The van der Waals surface area contributed by atoms with E-state index < -0.39 is 0 Å². The molecular formula is C16H22ClN3. The smallest absolute Gasteiger partial charge is 0.147 e. The molecule has 20 heavy (non-hydrogen) atoms. The lowest BCUT2D eigenvalue weighted by molar-refractivity contribution is 0.496. The fraction of sp³-hybridized carbons (Fsp3) is 0.500. The lowest BCUT2D eigenvalue weighted by Crippen LogP contribution is -2.12. The number of aromatic nitrogens is 3. The topological polar surface area (TPSA) is 30.7 Å². The molecule has 0 radical (unpaired) electrons. The Balaban J connectivity index is 2.11. The summed E-state index contributed by atoms with van der Waals surface area (Å²) in [5.74, 6) is 2.89. The summed E-state index contributed by atoms with van der Waals surface area (Å²) in [6, 6.07) is 8.62. The van der Waals surface area contributed by atoms with Crippen molar-refractivity contribution in [3.8, 4) is 0 Å². The summed E-state index contributed by atoms with van der Waals surface area (Å²) in [5, 5.41) is 8.50. The second-order valence-electron chi connectivity index (χ2n) is 5.66. The fourth-order valence-corrected chi connectivity index (χ4v) is 2.55. The fourth-order valence-electron chi connectivity index (χ4n) is 2.36. The van der Waals surface area contributed by atoms with Crippen molar-refractivity contribution < 1.29 is 0 Å². The molecule has 1 heterocycles. The van der Waals surface area contributed by atoms with Gasteiger partial charge in [-0.1, -0.05) is 43.7 Å². The van der Waals surface area contributed by atoms with Crippen molar-refractivity contribution in [1.82, 2.24) is 14.8 Å². The van der Waals surface area contributed by atoms with Gasteiger partial charge in [-0.25, -0.2) is 0 Å². The number of hydrogen-bond acceptors (Lipinski definition) is 2. The Kier molecular flexibility index (Phi) is 5.18. The SMILES string of the molecule is Cc1cccc(CCc2nnc(CCl)n2CC(C)C)c1. The summed E-state index contributed by atoms with van der Waals surface area (Å²) in [4.78, 5) is 0. The van der Waals surface area contributed by atoms with Crippen LogP contribution in [0.15, 0.2) is 24.3 Å². The second kappa shape index (κ2) is 6.89. The zero-order valence-corrected chi connectivity index (χ0v) is 13.2. The first-order valence-corrected chi connectivity index (χ1v) is 7.66. The van der Waals surface area contributed by atoms with Crippen molar-refractivity contribution in [2.24, 2.45) is 5.92 Å². The third-order valence-electron chi connectivity index (χ3n) is 3.29. The minimum absolute atomic E-state index is 0.421. The Morgan fingerprint density at radius 3 is 2.55 bits per heavy atom. The standard InChI is InChI=1S/C16H22ClN3/c1-12(2)11-20-15(18-19-16(20)10-17)8-7-14-6-4-5-13(3)9-14/h4-6,9,12H,7-8,10-11H2,1-3H3. The maximum Gasteiger partial charge on any atom is 0.147 e. The van der Waals surface area contributed by atoms with Crippen LogP contribution < -0.4 is 0 Å². The molecule has 0 saturated heterocycles. The van der Waals surface area contributed by atoms with Crippen LogP contribution in [0.1, 0.15) is 36.6 Å². The summed E-state index contributed by atoms with van der Waals surface area (Å²) in [5.41, 5.74) is 2.64. The number of halogens is 1. The van der Waals surface area contributed by atoms with Crippen LogP contribution in [0.5, 0.6) is 0 Å². The van der Waals surface area contributed by atoms with Crippen LogP contribution in [-0.4, -0.2) is 14.8 Å². The van der Waals surface area contributed by atoms with E-state index in [1.54, 1.807) is 0 Å². The van der Waals surface area contributed by atoms with Gasteiger partial charge in [0.1, 0.15) is 11.6 Å². The van der Waals surface area contributed by atoms with E-state index in [9.17, 15) is 0 Å². The zero-order valence-electron chi connectivity index (χ0n) is 12.4. The van der Waals surface area contributed by atoms with Gasteiger partial charge in [0, 0.05) is 13.0 Å². The first kappa shape index (κ1) is 15.0. The highest BCUT2D eigenvalue weighted by atomic mass is 35.5. The normalized spacial score (nSPS) is 11.2. The van der Waals surface area contributed by atoms with E-state index in [1.807, 2.05) is 0 Å². The molecule has 0 amide bonds. The molecule has 108 valence electrons. The second-order valence-corrected chi connectivity index (χ2v) is 5.93. The molecule has 2 aromatic rings. The summed E-state index contributed by atoms with van der Waals surface area (Å²) in [6.07, 6.45) is 1.89. The van der Waals surface area contributed by atoms with Gasteiger partial charge < -0.3 is 4.57 Å². The van der Waals surface area contributed by atoms with Gasteiger partial charge in [0.15, 0.2) is 0 Å². The van der Waals surface area contributed by atoms with Gasteiger partial charge in [-0.3, -0.25) is 0 Å². The maximum atomic E-state index is 5.94. The minimum Gasteiger partial charge on any atom is -0.314 e. The quantitative estimate of drug-likeness (QED) is 0.759. The Labute approximate surface area is 126 Å². The molecule has 0 fully saturated rings. The monoisotopic (exact) mass is 291 g/mol. The van der Waals surface area contributed by atoms with Crippen LogP contribution in [0, 0.1) is 12.8 Å². The van der Waals surface area contributed by atoms with Crippen molar-refractivity contribution in [2.75, 3.05) is 0 Å².